The Morgan fingerprint density at radius 1 is 1.15 bits per heavy atom. The summed E-state index contributed by atoms with van der Waals surface area (Å²) in [5.41, 5.74) is 3.35. The minimum absolute atomic E-state index is 0.211. The van der Waals surface area contributed by atoms with Gasteiger partial charge >= 0.3 is 0 Å². The number of rotatable bonds is 4. The largest absolute Gasteiger partial charge is 0.411 e. The summed E-state index contributed by atoms with van der Waals surface area (Å²) in [5, 5.41) is 8.74. The van der Waals surface area contributed by atoms with Gasteiger partial charge in [-0.25, -0.2) is 0 Å². The number of carbonyl (C=O) groups excluding carboxylic acids is 1. The fourth-order valence-corrected chi connectivity index (χ4v) is 5.05. The predicted molar refractivity (Wildman–Crippen MR) is 107 cm³/mol. The summed E-state index contributed by atoms with van der Waals surface area (Å²) in [6.07, 6.45) is 7.44. The molecule has 2 atom stereocenters. The Morgan fingerprint density at radius 3 is 2.81 bits per heavy atom. The Hall–Kier alpha value is -1.82. The van der Waals surface area contributed by atoms with Gasteiger partial charge in [-0.3, -0.25) is 4.79 Å². The molecule has 5 nitrogen and oxygen atoms in total. The first-order valence-electron chi connectivity index (χ1n) is 9.95. The monoisotopic (exact) mass is 385 g/mol. The number of likely N-dealkylation sites (tertiary alicyclic amines) is 1. The van der Waals surface area contributed by atoms with Crippen molar-refractivity contribution in [2.45, 2.75) is 63.6 Å². The molecule has 2 aromatic rings. The van der Waals surface area contributed by atoms with Crippen molar-refractivity contribution < 1.29 is 9.21 Å². The van der Waals surface area contributed by atoms with Gasteiger partial charge in [0, 0.05) is 18.2 Å². The Bertz CT molecular complexity index is 818. The van der Waals surface area contributed by atoms with Gasteiger partial charge in [0.15, 0.2) is 0 Å². The second kappa shape index (κ2) is 8.05. The van der Waals surface area contributed by atoms with Crippen LogP contribution in [0.25, 0.3) is 11.5 Å². The smallest absolute Gasteiger partial charge is 0.277 e. The van der Waals surface area contributed by atoms with Gasteiger partial charge in [-0.2, -0.15) is 0 Å². The van der Waals surface area contributed by atoms with E-state index in [4.69, 9.17) is 4.42 Å². The summed E-state index contributed by atoms with van der Waals surface area (Å²) < 4.78 is 5.78. The Morgan fingerprint density at radius 2 is 1.96 bits per heavy atom. The van der Waals surface area contributed by atoms with Crippen molar-refractivity contribution in [3.8, 4) is 11.5 Å². The van der Waals surface area contributed by atoms with Gasteiger partial charge in [0.1, 0.15) is 0 Å². The van der Waals surface area contributed by atoms with Crippen molar-refractivity contribution in [1.29, 1.82) is 0 Å². The Balaban J connectivity index is 1.38. The number of hydrogen-bond acceptors (Lipinski definition) is 5. The molecule has 0 N–H and O–H groups in total. The number of hydrogen-bond donors (Lipinski definition) is 0. The minimum atomic E-state index is 0.211. The van der Waals surface area contributed by atoms with Gasteiger partial charge in [-0.15, -0.1) is 10.2 Å². The van der Waals surface area contributed by atoms with Crippen LogP contribution in [0, 0.1) is 19.8 Å². The third-order valence-corrected chi connectivity index (χ3v) is 6.85. The zero-order valence-corrected chi connectivity index (χ0v) is 16.9. The van der Waals surface area contributed by atoms with E-state index in [9.17, 15) is 4.79 Å². The van der Waals surface area contributed by atoms with Gasteiger partial charge in [0.05, 0.1) is 5.75 Å². The third-order valence-electron chi connectivity index (χ3n) is 6.04. The van der Waals surface area contributed by atoms with Crippen LogP contribution in [-0.4, -0.2) is 39.3 Å². The van der Waals surface area contributed by atoms with E-state index < -0.39 is 0 Å². The van der Waals surface area contributed by atoms with E-state index >= 15 is 0 Å². The zero-order chi connectivity index (χ0) is 18.8. The lowest BCUT2D eigenvalue weighted by molar-refractivity contribution is -0.134. The molecule has 144 valence electrons. The molecule has 0 unspecified atom stereocenters. The normalized spacial score (nSPS) is 22.5. The summed E-state index contributed by atoms with van der Waals surface area (Å²) in [7, 11) is 0. The van der Waals surface area contributed by atoms with Crippen LogP contribution >= 0.6 is 11.8 Å². The molecule has 2 aliphatic rings. The first-order chi connectivity index (χ1) is 13.1. The van der Waals surface area contributed by atoms with Crippen LogP contribution in [0.15, 0.2) is 27.8 Å². The fraction of sp³-hybridized carbons (Fsp3) is 0.571. The highest BCUT2D eigenvalue weighted by Crippen LogP contribution is 2.35. The topological polar surface area (TPSA) is 59.2 Å². The van der Waals surface area contributed by atoms with E-state index in [1.807, 2.05) is 6.07 Å². The molecule has 1 aliphatic carbocycles. The van der Waals surface area contributed by atoms with Gasteiger partial charge < -0.3 is 9.32 Å². The fourth-order valence-electron chi connectivity index (χ4n) is 4.40. The third kappa shape index (κ3) is 4.05. The zero-order valence-electron chi connectivity index (χ0n) is 16.1. The molecule has 6 heteroatoms. The van der Waals surface area contributed by atoms with Crippen LogP contribution in [0.3, 0.4) is 0 Å². The van der Waals surface area contributed by atoms with Crippen LogP contribution in [0.1, 0.15) is 49.7 Å². The quantitative estimate of drug-likeness (QED) is 0.718. The number of fused-ring (bicyclic) bond motifs is 1. The molecule has 2 fully saturated rings. The average molecular weight is 386 g/mol. The summed E-state index contributed by atoms with van der Waals surface area (Å²) in [6.45, 7) is 5.05. The first kappa shape index (κ1) is 18.5. The van der Waals surface area contributed by atoms with Crippen molar-refractivity contribution >= 4 is 17.7 Å². The van der Waals surface area contributed by atoms with E-state index in [-0.39, 0.29) is 5.91 Å². The maximum absolute atomic E-state index is 12.8. The number of benzene rings is 1. The first-order valence-corrected chi connectivity index (χ1v) is 10.9. The molecular formula is C21H27N3O2S. The van der Waals surface area contributed by atoms with Crippen LogP contribution in [-0.2, 0) is 4.79 Å². The van der Waals surface area contributed by atoms with Crippen molar-refractivity contribution in [3.05, 3.63) is 29.3 Å². The molecule has 1 aromatic carbocycles. The van der Waals surface area contributed by atoms with Crippen LogP contribution in [0.5, 0.6) is 0 Å². The molecule has 0 spiro atoms. The van der Waals surface area contributed by atoms with E-state index in [2.05, 4.69) is 41.1 Å². The molecule has 1 saturated carbocycles. The number of amides is 1. The Kier molecular flexibility index (Phi) is 5.53. The lowest BCUT2D eigenvalue weighted by atomic mass is 9.78. The van der Waals surface area contributed by atoms with Crippen molar-refractivity contribution in [1.82, 2.24) is 15.1 Å². The highest BCUT2D eigenvalue weighted by atomic mass is 32.2. The molecule has 2 heterocycles. The van der Waals surface area contributed by atoms with Crippen molar-refractivity contribution in [2.24, 2.45) is 5.92 Å². The van der Waals surface area contributed by atoms with E-state index in [1.165, 1.54) is 55.0 Å². The second-order valence-corrected chi connectivity index (χ2v) is 8.73. The van der Waals surface area contributed by atoms with E-state index in [0.717, 1.165) is 18.5 Å². The minimum Gasteiger partial charge on any atom is -0.411 e. The molecule has 27 heavy (non-hydrogen) atoms. The number of aromatic nitrogens is 2. The van der Waals surface area contributed by atoms with E-state index in [0.29, 0.717) is 28.8 Å². The molecule has 0 radical (unpaired) electrons. The maximum Gasteiger partial charge on any atom is 0.277 e. The number of thioether (sulfide) groups is 1. The predicted octanol–water partition coefficient (Wildman–Crippen LogP) is 4.63. The maximum atomic E-state index is 12.8. The van der Waals surface area contributed by atoms with Gasteiger partial charge in [0.25, 0.3) is 5.22 Å². The summed E-state index contributed by atoms with van der Waals surface area (Å²) in [5.74, 6) is 1.81. The van der Waals surface area contributed by atoms with Gasteiger partial charge in [-0.1, -0.05) is 30.7 Å². The molecular weight excluding hydrogens is 358 g/mol. The van der Waals surface area contributed by atoms with Gasteiger partial charge in [0.2, 0.25) is 11.8 Å². The molecule has 1 amide bonds. The summed E-state index contributed by atoms with van der Waals surface area (Å²) in [4.78, 5) is 14.9. The average Bonchev–Trinajstić information content (AvgIpc) is 3.17. The number of aryl methyl sites for hydroxylation is 2. The molecule has 4 rings (SSSR count). The lowest BCUT2D eigenvalue weighted by Gasteiger charge is -2.44. The van der Waals surface area contributed by atoms with Gasteiger partial charge in [-0.05, 0) is 68.7 Å². The molecule has 0 bridgehead atoms. The number of piperidine rings is 1. The van der Waals surface area contributed by atoms with Crippen molar-refractivity contribution in [3.63, 3.8) is 0 Å². The van der Waals surface area contributed by atoms with Crippen molar-refractivity contribution in [2.75, 3.05) is 12.3 Å². The lowest BCUT2D eigenvalue weighted by Crippen LogP contribution is -2.50. The second-order valence-electron chi connectivity index (χ2n) is 7.80. The standard InChI is InChI=1S/C21H27N3O2S/c1-14-9-10-17(12-15(14)2)20-22-23-21(26-20)27-13-19(25)24-11-5-7-16-6-3-4-8-18(16)24/h9-10,12,16,18H,3-8,11,13H2,1-2H3/t16-,18-/m0/s1. The van der Waals surface area contributed by atoms with Crippen LogP contribution in [0.2, 0.25) is 0 Å². The molecule has 1 aliphatic heterocycles. The highest BCUT2D eigenvalue weighted by molar-refractivity contribution is 7.99. The number of carbonyl (C=O) groups is 1. The van der Waals surface area contributed by atoms with Crippen LogP contribution in [0.4, 0.5) is 0 Å². The molecule has 1 aromatic heterocycles. The molecule has 1 saturated heterocycles. The summed E-state index contributed by atoms with van der Waals surface area (Å²) in [6, 6.07) is 6.56. The SMILES string of the molecule is Cc1ccc(-c2nnc(SCC(=O)N3CCC[C@@H]4CCCC[C@@H]43)o2)cc1C. The summed E-state index contributed by atoms with van der Waals surface area (Å²) >= 11 is 1.35. The van der Waals surface area contributed by atoms with Crippen LogP contribution < -0.4 is 0 Å². The number of nitrogens with zero attached hydrogens (tertiary/aromatic N) is 3. The van der Waals surface area contributed by atoms with E-state index in [1.54, 1.807) is 0 Å². The Labute approximate surface area is 164 Å². The highest BCUT2D eigenvalue weighted by Gasteiger charge is 2.35.